The second-order valence-corrected chi connectivity index (χ2v) is 5.37. The first-order chi connectivity index (χ1) is 8.48. The van der Waals surface area contributed by atoms with E-state index in [4.69, 9.17) is 9.98 Å². The summed E-state index contributed by atoms with van der Waals surface area (Å²) < 4.78 is 23.1. The molecule has 1 aliphatic rings. The number of benzene rings is 1. The van der Waals surface area contributed by atoms with Crippen LogP contribution in [0.4, 0.5) is 0 Å². The van der Waals surface area contributed by atoms with E-state index in [0.29, 0.717) is 11.1 Å². The van der Waals surface area contributed by atoms with E-state index in [1.807, 2.05) is 6.92 Å². The fourth-order valence-electron chi connectivity index (χ4n) is 1.61. The molecule has 1 aromatic rings. The van der Waals surface area contributed by atoms with Crippen molar-refractivity contribution in [2.45, 2.75) is 11.8 Å². The van der Waals surface area contributed by atoms with Gasteiger partial charge in [-0.15, -0.1) is 0 Å². The molecule has 18 heavy (non-hydrogen) atoms. The highest BCUT2D eigenvalue weighted by molar-refractivity contribution is 7.89. The SMILES string of the molecule is Cc1ccc(S(N)(=O)=O)c(C2=CON=CC=C2)c1. The number of hydrogen-bond donors (Lipinski definition) is 1. The number of oxime groups is 1. The van der Waals surface area contributed by atoms with Crippen LogP contribution in [0.3, 0.4) is 0 Å². The van der Waals surface area contributed by atoms with Crippen molar-refractivity contribution in [1.82, 2.24) is 0 Å². The minimum Gasteiger partial charge on any atom is -0.364 e. The van der Waals surface area contributed by atoms with Crippen LogP contribution in [-0.4, -0.2) is 14.6 Å². The summed E-state index contributed by atoms with van der Waals surface area (Å²) >= 11 is 0. The highest BCUT2D eigenvalue weighted by Crippen LogP contribution is 2.25. The summed E-state index contributed by atoms with van der Waals surface area (Å²) in [5.41, 5.74) is 2.02. The van der Waals surface area contributed by atoms with Crippen molar-refractivity contribution < 1.29 is 13.3 Å². The predicted octanol–water partition coefficient (Wildman–Crippen LogP) is 1.56. The lowest BCUT2D eigenvalue weighted by atomic mass is 10.0. The zero-order valence-electron chi connectivity index (χ0n) is 9.70. The van der Waals surface area contributed by atoms with Crippen LogP contribution in [0.15, 0.2) is 46.7 Å². The summed E-state index contributed by atoms with van der Waals surface area (Å²) in [7, 11) is -3.78. The van der Waals surface area contributed by atoms with Crippen LogP contribution in [0.25, 0.3) is 5.57 Å². The summed E-state index contributed by atoms with van der Waals surface area (Å²) in [5.74, 6) is 0. The van der Waals surface area contributed by atoms with Crippen LogP contribution in [0.5, 0.6) is 0 Å². The van der Waals surface area contributed by atoms with Gasteiger partial charge in [-0.3, -0.25) is 0 Å². The molecule has 94 valence electrons. The number of aryl methyl sites for hydroxylation is 1. The van der Waals surface area contributed by atoms with Gasteiger partial charge in [0.2, 0.25) is 10.0 Å². The van der Waals surface area contributed by atoms with Crippen molar-refractivity contribution in [3.05, 3.63) is 47.7 Å². The predicted molar refractivity (Wildman–Crippen MR) is 69.2 cm³/mol. The quantitative estimate of drug-likeness (QED) is 0.880. The van der Waals surface area contributed by atoms with Crippen LogP contribution < -0.4 is 5.14 Å². The largest absolute Gasteiger partial charge is 0.364 e. The molecule has 0 fully saturated rings. The highest BCUT2D eigenvalue weighted by atomic mass is 32.2. The molecule has 0 amide bonds. The Morgan fingerprint density at radius 3 is 2.83 bits per heavy atom. The highest BCUT2D eigenvalue weighted by Gasteiger charge is 2.16. The minimum absolute atomic E-state index is 0.0644. The number of allylic oxidation sites excluding steroid dienone is 3. The summed E-state index contributed by atoms with van der Waals surface area (Å²) in [6.45, 7) is 1.87. The Morgan fingerprint density at radius 2 is 2.11 bits per heavy atom. The molecule has 0 saturated carbocycles. The molecule has 0 aliphatic carbocycles. The fourth-order valence-corrected chi connectivity index (χ4v) is 2.36. The summed E-state index contributed by atoms with van der Waals surface area (Å²) in [4.78, 5) is 4.94. The van der Waals surface area contributed by atoms with Gasteiger partial charge < -0.3 is 4.84 Å². The first-order valence-electron chi connectivity index (χ1n) is 5.18. The van der Waals surface area contributed by atoms with Crippen molar-refractivity contribution in [1.29, 1.82) is 0 Å². The average molecular weight is 264 g/mol. The van der Waals surface area contributed by atoms with Gasteiger partial charge in [0, 0.05) is 11.1 Å². The third-order valence-electron chi connectivity index (χ3n) is 2.42. The molecule has 0 bridgehead atoms. The summed E-state index contributed by atoms with van der Waals surface area (Å²) in [5, 5.41) is 8.79. The van der Waals surface area contributed by atoms with Gasteiger partial charge in [0.15, 0.2) is 0 Å². The molecule has 0 atom stereocenters. The van der Waals surface area contributed by atoms with Crippen molar-refractivity contribution in [3.8, 4) is 0 Å². The number of nitrogens with zero attached hydrogens (tertiary/aromatic N) is 1. The van der Waals surface area contributed by atoms with E-state index in [1.165, 1.54) is 18.5 Å². The Hall–Kier alpha value is -1.92. The van der Waals surface area contributed by atoms with Gasteiger partial charge in [0.05, 0.1) is 11.1 Å². The van der Waals surface area contributed by atoms with E-state index >= 15 is 0 Å². The van der Waals surface area contributed by atoms with Gasteiger partial charge in [-0.2, -0.15) is 0 Å². The maximum absolute atomic E-state index is 11.5. The zero-order valence-corrected chi connectivity index (χ0v) is 10.5. The number of rotatable bonds is 2. The van der Waals surface area contributed by atoms with E-state index in [0.717, 1.165) is 5.56 Å². The van der Waals surface area contributed by atoms with Crippen LogP contribution >= 0.6 is 0 Å². The van der Waals surface area contributed by atoms with Gasteiger partial charge >= 0.3 is 0 Å². The fraction of sp³-hybridized carbons (Fsp3) is 0.0833. The molecule has 2 N–H and O–H groups in total. The Bertz CT molecular complexity index is 658. The Morgan fingerprint density at radius 1 is 1.33 bits per heavy atom. The number of nitrogens with two attached hydrogens (primary N) is 1. The molecule has 0 radical (unpaired) electrons. The van der Waals surface area contributed by atoms with Crippen molar-refractivity contribution >= 4 is 21.8 Å². The van der Waals surface area contributed by atoms with Gasteiger partial charge in [-0.05, 0) is 31.2 Å². The van der Waals surface area contributed by atoms with E-state index < -0.39 is 10.0 Å². The molecule has 0 saturated heterocycles. The van der Waals surface area contributed by atoms with E-state index in [2.05, 4.69) is 5.16 Å². The Labute approximate surface area is 105 Å². The summed E-state index contributed by atoms with van der Waals surface area (Å²) in [6.07, 6.45) is 6.22. The van der Waals surface area contributed by atoms with E-state index in [1.54, 1.807) is 24.3 Å². The molecular formula is C12H12N2O3S. The van der Waals surface area contributed by atoms with Crippen molar-refractivity contribution in [2.24, 2.45) is 10.3 Å². The number of hydrogen-bond acceptors (Lipinski definition) is 4. The minimum atomic E-state index is -3.78. The average Bonchev–Trinajstić information content (AvgIpc) is 2.55. The lowest BCUT2D eigenvalue weighted by molar-refractivity contribution is 0.273. The smallest absolute Gasteiger partial charge is 0.238 e. The maximum Gasteiger partial charge on any atom is 0.238 e. The van der Waals surface area contributed by atoms with Gasteiger partial charge in [-0.25, -0.2) is 13.6 Å². The summed E-state index contributed by atoms with van der Waals surface area (Å²) in [6, 6.07) is 4.92. The molecular weight excluding hydrogens is 252 g/mol. The molecule has 0 spiro atoms. The molecule has 1 heterocycles. The molecule has 2 rings (SSSR count). The topological polar surface area (TPSA) is 81.8 Å². The first-order valence-corrected chi connectivity index (χ1v) is 6.73. The van der Waals surface area contributed by atoms with Crippen LogP contribution in [-0.2, 0) is 14.9 Å². The third kappa shape index (κ3) is 2.66. The monoisotopic (exact) mass is 264 g/mol. The Balaban J connectivity index is 2.63. The zero-order chi connectivity index (χ0) is 13.2. The lowest BCUT2D eigenvalue weighted by Crippen LogP contribution is -2.14. The van der Waals surface area contributed by atoms with Crippen LogP contribution in [0, 0.1) is 6.92 Å². The van der Waals surface area contributed by atoms with Crippen LogP contribution in [0.1, 0.15) is 11.1 Å². The van der Waals surface area contributed by atoms with Gasteiger partial charge in [0.1, 0.15) is 6.26 Å². The van der Waals surface area contributed by atoms with Gasteiger partial charge in [-0.1, -0.05) is 16.8 Å². The molecule has 1 aromatic carbocycles. The molecule has 5 nitrogen and oxygen atoms in total. The van der Waals surface area contributed by atoms with Gasteiger partial charge in [0.25, 0.3) is 0 Å². The second-order valence-electron chi connectivity index (χ2n) is 3.84. The standard InChI is InChI=1S/C12H12N2O3S/c1-9-4-5-12(18(13,15)16)11(7-9)10-3-2-6-14-17-8-10/h2-8H,1H3,(H2,13,15,16). The van der Waals surface area contributed by atoms with E-state index in [9.17, 15) is 8.42 Å². The molecule has 0 unspecified atom stereocenters. The lowest BCUT2D eigenvalue weighted by Gasteiger charge is -2.09. The molecule has 0 aromatic heterocycles. The van der Waals surface area contributed by atoms with E-state index in [-0.39, 0.29) is 4.90 Å². The van der Waals surface area contributed by atoms with Crippen LogP contribution in [0.2, 0.25) is 0 Å². The number of sulfonamides is 1. The first kappa shape index (κ1) is 12.5. The second kappa shape index (κ2) is 4.75. The van der Waals surface area contributed by atoms with Crippen molar-refractivity contribution in [2.75, 3.05) is 0 Å². The van der Waals surface area contributed by atoms with Crippen molar-refractivity contribution in [3.63, 3.8) is 0 Å². The third-order valence-corrected chi connectivity index (χ3v) is 3.38. The molecule has 1 aliphatic heterocycles. The molecule has 6 heteroatoms. The number of primary sulfonamides is 1. The maximum atomic E-state index is 11.5. The Kier molecular flexibility index (Phi) is 3.31. The normalized spacial score (nSPS) is 14.9.